The summed E-state index contributed by atoms with van der Waals surface area (Å²) in [5.41, 5.74) is 0. The molecular weight excluding hydrogens is 190 g/mol. The highest BCUT2D eigenvalue weighted by Gasteiger charge is 2.27. The van der Waals surface area contributed by atoms with Crippen LogP contribution in [0.3, 0.4) is 0 Å². The Labute approximate surface area is 82.5 Å². The smallest absolute Gasteiger partial charge is 0.315 e. The van der Waals surface area contributed by atoms with Crippen LogP contribution in [-0.4, -0.2) is 43.4 Å². The van der Waals surface area contributed by atoms with Gasteiger partial charge in [-0.05, 0) is 26.3 Å². The molecule has 2 atom stereocenters. The van der Waals surface area contributed by atoms with Crippen molar-refractivity contribution in [2.45, 2.75) is 25.8 Å². The summed E-state index contributed by atoms with van der Waals surface area (Å²) in [4.78, 5) is 12.8. The van der Waals surface area contributed by atoms with E-state index in [0.717, 1.165) is 13.0 Å². The lowest BCUT2D eigenvalue weighted by molar-refractivity contribution is -0.131. The lowest BCUT2D eigenvalue weighted by atomic mass is 10.1. The highest BCUT2D eigenvalue weighted by molar-refractivity contribution is 5.79. The van der Waals surface area contributed by atoms with Crippen molar-refractivity contribution in [1.29, 1.82) is 0 Å². The third-order valence-corrected chi connectivity index (χ3v) is 2.74. The van der Waals surface area contributed by atoms with Crippen LogP contribution in [0, 0.1) is 5.92 Å². The Hall–Kier alpha value is -0.710. The maximum atomic E-state index is 11.8. The fourth-order valence-electron chi connectivity index (χ4n) is 1.79. The fraction of sp³-hybridized carbons (Fsp3) is 0.889. The predicted molar refractivity (Wildman–Crippen MR) is 49.2 cm³/mol. The van der Waals surface area contributed by atoms with Gasteiger partial charge in [-0.15, -0.1) is 0 Å². The number of nitrogens with one attached hydrogen (secondary N) is 1. The Kier molecular flexibility index (Phi) is 3.80. The van der Waals surface area contributed by atoms with Gasteiger partial charge in [-0.25, -0.2) is 0 Å². The zero-order valence-electron chi connectivity index (χ0n) is 8.46. The molecule has 1 amide bonds. The van der Waals surface area contributed by atoms with E-state index in [9.17, 15) is 13.6 Å². The van der Waals surface area contributed by atoms with E-state index in [-0.39, 0.29) is 0 Å². The summed E-state index contributed by atoms with van der Waals surface area (Å²) >= 11 is 0. The number of halogens is 2. The molecule has 0 aromatic heterocycles. The maximum Gasteiger partial charge on any atom is 0.315 e. The quantitative estimate of drug-likeness (QED) is 0.737. The molecule has 0 aliphatic carbocycles. The van der Waals surface area contributed by atoms with Crippen LogP contribution < -0.4 is 5.32 Å². The molecule has 1 N–H and O–H groups in total. The number of rotatable bonds is 3. The van der Waals surface area contributed by atoms with Crippen molar-refractivity contribution < 1.29 is 13.6 Å². The third kappa shape index (κ3) is 2.90. The first-order valence-corrected chi connectivity index (χ1v) is 4.76. The van der Waals surface area contributed by atoms with E-state index in [1.807, 2.05) is 7.05 Å². The standard InChI is InChI=1S/C9H16F2N2O/c1-6-3-7(5-13(6)2)4-12-9(14)8(10)11/h6-8H,3-5H2,1-2H3,(H,12,14). The minimum atomic E-state index is -2.90. The van der Waals surface area contributed by atoms with Gasteiger partial charge in [-0.2, -0.15) is 8.78 Å². The molecule has 3 nitrogen and oxygen atoms in total. The first kappa shape index (κ1) is 11.4. The van der Waals surface area contributed by atoms with Crippen molar-refractivity contribution in [3.63, 3.8) is 0 Å². The van der Waals surface area contributed by atoms with Crippen molar-refractivity contribution in [3.8, 4) is 0 Å². The molecule has 1 rings (SSSR count). The maximum absolute atomic E-state index is 11.8. The highest BCUT2D eigenvalue weighted by atomic mass is 19.3. The lowest BCUT2D eigenvalue weighted by Gasteiger charge is -2.12. The first-order chi connectivity index (χ1) is 6.50. The van der Waals surface area contributed by atoms with E-state index in [1.54, 1.807) is 0 Å². The number of alkyl halides is 2. The first-order valence-electron chi connectivity index (χ1n) is 4.76. The van der Waals surface area contributed by atoms with Gasteiger partial charge in [0, 0.05) is 19.1 Å². The summed E-state index contributed by atoms with van der Waals surface area (Å²) in [6.45, 7) is 3.32. The molecule has 2 unspecified atom stereocenters. The molecular formula is C9H16F2N2O. The molecule has 0 spiro atoms. The average molecular weight is 206 g/mol. The van der Waals surface area contributed by atoms with E-state index < -0.39 is 12.3 Å². The van der Waals surface area contributed by atoms with E-state index in [0.29, 0.717) is 18.5 Å². The Morgan fingerprint density at radius 3 is 2.71 bits per heavy atom. The fourth-order valence-corrected chi connectivity index (χ4v) is 1.79. The summed E-state index contributed by atoms with van der Waals surface area (Å²) in [6.07, 6.45) is -1.94. The van der Waals surface area contributed by atoms with Crippen molar-refractivity contribution >= 4 is 5.91 Å². The second kappa shape index (κ2) is 4.68. The third-order valence-electron chi connectivity index (χ3n) is 2.74. The van der Waals surface area contributed by atoms with Gasteiger partial charge in [0.15, 0.2) is 0 Å². The van der Waals surface area contributed by atoms with Crippen LogP contribution >= 0.6 is 0 Å². The van der Waals surface area contributed by atoms with Gasteiger partial charge in [0.25, 0.3) is 5.91 Å². The van der Waals surface area contributed by atoms with Crippen LogP contribution in [0.1, 0.15) is 13.3 Å². The summed E-state index contributed by atoms with van der Waals surface area (Å²) in [6, 6.07) is 0.475. The summed E-state index contributed by atoms with van der Waals surface area (Å²) in [7, 11) is 2.00. The van der Waals surface area contributed by atoms with Gasteiger partial charge in [0.05, 0.1) is 0 Å². The van der Waals surface area contributed by atoms with E-state index in [1.165, 1.54) is 0 Å². The molecule has 82 valence electrons. The number of nitrogens with zero attached hydrogens (tertiary/aromatic N) is 1. The van der Waals surface area contributed by atoms with Crippen LogP contribution in [-0.2, 0) is 4.79 Å². The minimum absolute atomic E-state index is 0.303. The van der Waals surface area contributed by atoms with Gasteiger partial charge >= 0.3 is 6.43 Å². The second-order valence-electron chi connectivity index (χ2n) is 3.94. The molecule has 1 heterocycles. The number of hydrogen-bond acceptors (Lipinski definition) is 2. The molecule has 5 heteroatoms. The van der Waals surface area contributed by atoms with Crippen LogP contribution in [0.25, 0.3) is 0 Å². The number of likely N-dealkylation sites (tertiary alicyclic amines) is 1. The van der Waals surface area contributed by atoms with Crippen molar-refractivity contribution in [2.24, 2.45) is 5.92 Å². The van der Waals surface area contributed by atoms with Crippen LogP contribution in [0.4, 0.5) is 8.78 Å². The summed E-state index contributed by atoms with van der Waals surface area (Å²) < 4.78 is 23.7. The van der Waals surface area contributed by atoms with Gasteiger partial charge in [-0.1, -0.05) is 0 Å². The van der Waals surface area contributed by atoms with Crippen molar-refractivity contribution in [2.75, 3.05) is 20.1 Å². The van der Waals surface area contributed by atoms with Crippen LogP contribution in [0.5, 0.6) is 0 Å². The molecule has 1 fully saturated rings. The van der Waals surface area contributed by atoms with Crippen LogP contribution in [0.15, 0.2) is 0 Å². The van der Waals surface area contributed by atoms with E-state index >= 15 is 0 Å². The molecule has 0 saturated carbocycles. The van der Waals surface area contributed by atoms with Gasteiger partial charge in [0.2, 0.25) is 0 Å². The van der Waals surface area contributed by atoms with Crippen molar-refractivity contribution in [3.05, 3.63) is 0 Å². The summed E-state index contributed by atoms with van der Waals surface area (Å²) in [5.74, 6) is -0.857. The topological polar surface area (TPSA) is 32.3 Å². The average Bonchev–Trinajstić information content (AvgIpc) is 2.42. The molecule has 0 aromatic rings. The van der Waals surface area contributed by atoms with E-state index in [2.05, 4.69) is 17.1 Å². The summed E-state index contributed by atoms with van der Waals surface area (Å²) in [5, 5.41) is 2.25. The van der Waals surface area contributed by atoms with Gasteiger partial charge in [0.1, 0.15) is 0 Å². The molecule has 0 radical (unpaired) electrons. The van der Waals surface area contributed by atoms with Crippen LogP contribution in [0.2, 0.25) is 0 Å². The van der Waals surface area contributed by atoms with E-state index in [4.69, 9.17) is 0 Å². The van der Waals surface area contributed by atoms with Gasteiger partial charge in [-0.3, -0.25) is 4.79 Å². The number of carbonyl (C=O) groups excluding carboxylic acids is 1. The zero-order chi connectivity index (χ0) is 10.7. The lowest BCUT2D eigenvalue weighted by Crippen LogP contribution is -2.34. The largest absolute Gasteiger partial charge is 0.351 e. The monoisotopic (exact) mass is 206 g/mol. The number of carbonyl (C=O) groups is 1. The number of hydrogen-bond donors (Lipinski definition) is 1. The molecule has 1 aliphatic heterocycles. The van der Waals surface area contributed by atoms with Crippen molar-refractivity contribution in [1.82, 2.24) is 10.2 Å². The van der Waals surface area contributed by atoms with Gasteiger partial charge < -0.3 is 10.2 Å². The predicted octanol–water partition coefficient (Wildman–Crippen LogP) is 0.708. The normalized spacial score (nSPS) is 28.4. The molecule has 0 aromatic carbocycles. The highest BCUT2D eigenvalue weighted by Crippen LogP contribution is 2.20. The SMILES string of the molecule is CC1CC(CNC(=O)C(F)F)CN1C. The Morgan fingerprint density at radius 2 is 2.29 bits per heavy atom. The second-order valence-corrected chi connectivity index (χ2v) is 3.94. The molecule has 0 bridgehead atoms. The number of amides is 1. The Morgan fingerprint density at radius 1 is 1.64 bits per heavy atom. The Balaban J connectivity index is 2.23. The zero-order valence-corrected chi connectivity index (χ0v) is 8.46. The molecule has 1 aliphatic rings. The molecule has 1 saturated heterocycles. The minimum Gasteiger partial charge on any atom is -0.351 e. The molecule has 14 heavy (non-hydrogen) atoms. The Bertz CT molecular complexity index is 201.